The van der Waals surface area contributed by atoms with Crippen LogP contribution >= 0.6 is 0 Å². The molecule has 0 aliphatic heterocycles. The van der Waals surface area contributed by atoms with Gasteiger partial charge in [-0.1, -0.05) is 0 Å². The highest BCUT2D eigenvalue weighted by atomic mass is 19.3. The topological polar surface area (TPSA) is 29.5 Å². The number of hydrogen-bond acceptors (Lipinski definition) is 2. The van der Waals surface area contributed by atoms with E-state index in [1.165, 1.54) is 0 Å². The second-order valence-electron chi connectivity index (χ2n) is 2.59. The first-order valence-electron chi connectivity index (χ1n) is 3.26. The number of aliphatic hydroxyl groups excluding tert-OH is 1. The van der Waals surface area contributed by atoms with Gasteiger partial charge in [-0.3, -0.25) is 0 Å². The monoisotopic (exact) mass is 152 g/mol. The van der Waals surface area contributed by atoms with E-state index in [9.17, 15) is 8.78 Å². The van der Waals surface area contributed by atoms with Crippen LogP contribution in [0.3, 0.4) is 0 Å². The predicted molar refractivity (Wildman–Crippen MR) is 30.7 cm³/mol. The van der Waals surface area contributed by atoms with Crippen LogP contribution in [0, 0.1) is 5.92 Å². The first kappa shape index (κ1) is 7.88. The van der Waals surface area contributed by atoms with Crippen LogP contribution in [0.5, 0.6) is 0 Å². The number of aliphatic hydroxyl groups is 1. The molecule has 1 aliphatic rings. The summed E-state index contributed by atoms with van der Waals surface area (Å²) < 4.78 is 26.8. The van der Waals surface area contributed by atoms with Gasteiger partial charge in [-0.25, -0.2) is 0 Å². The minimum absolute atomic E-state index is 0.0781. The van der Waals surface area contributed by atoms with Crippen molar-refractivity contribution < 1.29 is 18.6 Å². The highest BCUT2D eigenvalue weighted by Crippen LogP contribution is 2.27. The van der Waals surface area contributed by atoms with Gasteiger partial charge in [0, 0.05) is 0 Å². The normalized spacial score (nSPS) is 32.4. The Morgan fingerprint density at radius 1 is 1.50 bits per heavy atom. The number of alkyl halides is 2. The van der Waals surface area contributed by atoms with E-state index in [1.807, 2.05) is 0 Å². The van der Waals surface area contributed by atoms with Gasteiger partial charge in [0.05, 0.1) is 12.7 Å². The lowest BCUT2D eigenvalue weighted by atomic mass is 9.83. The largest absolute Gasteiger partial charge is 0.393 e. The summed E-state index contributed by atoms with van der Waals surface area (Å²) in [6, 6.07) is 0. The molecule has 1 N–H and O–H groups in total. The fraction of sp³-hybridized carbons (Fsp3) is 1.00. The molecule has 0 heterocycles. The SMILES string of the molecule is O[C@H]1C[C@@H](COC(F)F)C1. The van der Waals surface area contributed by atoms with Crippen molar-refractivity contribution in [3.63, 3.8) is 0 Å². The van der Waals surface area contributed by atoms with Crippen molar-refractivity contribution in [1.82, 2.24) is 0 Å². The summed E-state index contributed by atoms with van der Waals surface area (Å²) in [5.41, 5.74) is 0. The molecule has 0 aromatic heterocycles. The van der Waals surface area contributed by atoms with Gasteiger partial charge in [-0.05, 0) is 18.8 Å². The van der Waals surface area contributed by atoms with E-state index in [0.717, 1.165) is 0 Å². The van der Waals surface area contributed by atoms with Gasteiger partial charge in [0.15, 0.2) is 0 Å². The van der Waals surface area contributed by atoms with Crippen molar-refractivity contribution in [2.45, 2.75) is 25.6 Å². The number of rotatable bonds is 3. The van der Waals surface area contributed by atoms with Gasteiger partial charge < -0.3 is 9.84 Å². The van der Waals surface area contributed by atoms with Gasteiger partial charge in [-0.15, -0.1) is 0 Å². The standard InChI is InChI=1S/C6H10F2O2/c7-6(8)10-3-4-1-5(9)2-4/h4-6,9H,1-3H2/t4-,5+. The van der Waals surface area contributed by atoms with E-state index in [-0.39, 0.29) is 18.6 Å². The molecule has 10 heavy (non-hydrogen) atoms. The molecule has 60 valence electrons. The lowest BCUT2D eigenvalue weighted by Gasteiger charge is -2.30. The zero-order chi connectivity index (χ0) is 7.56. The molecule has 1 aliphatic carbocycles. The molecular weight excluding hydrogens is 142 g/mol. The number of hydrogen-bond donors (Lipinski definition) is 1. The van der Waals surface area contributed by atoms with Gasteiger partial charge in [0.2, 0.25) is 0 Å². The Balaban J connectivity index is 1.95. The second-order valence-corrected chi connectivity index (χ2v) is 2.59. The Kier molecular flexibility index (Phi) is 2.56. The van der Waals surface area contributed by atoms with E-state index in [0.29, 0.717) is 12.8 Å². The van der Waals surface area contributed by atoms with E-state index in [1.54, 1.807) is 0 Å². The Hall–Kier alpha value is -0.220. The molecule has 1 fully saturated rings. The quantitative estimate of drug-likeness (QED) is 0.653. The molecule has 1 rings (SSSR count). The third-order valence-corrected chi connectivity index (χ3v) is 1.67. The Labute approximate surface area is 57.8 Å². The average molecular weight is 152 g/mol. The van der Waals surface area contributed by atoms with Crippen LogP contribution in [-0.2, 0) is 4.74 Å². The maximum absolute atomic E-state index is 11.4. The smallest absolute Gasteiger partial charge is 0.345 e. The zero-order valence-electron chi connectivity index (χ0n) is 5.46. The fourth-order valence-electron chi connectivity index (χ4n) is 1.05. The van der Waals surface area contributed by atoms with Gasteiger partial charge in [0.25, 0.3) is 0 Å². The minimum atomic E-state index is -2.67. The van der Waals surface area contributed by atoms with E-state index < -0.39 is 6.61 Å². The van der Waals surface area contributed by atoms with Crippen LogP contribution in [0.15, 0.2) is 0 Å². The van der Waals surface area contributed by atoms with E-state index in [2.05, 4.69) is 4.74 Å². The fourth-order valence-corrected chi connectivity index (χ4v) is 1.05. The summed E-state index contributed by atoms with van der Waals surface area (Å²) >= 11 is 0. The molecule has 1 saturated carbocycles. The molecule has 0 saturated heterocycles. The lowest BCUT2D eigenvalue weighted by molar-refractivity contribution is -0.151. The van der Waals surface area contributed by atoms with Crippen molar-refractivity contribution in [3.8, 4) is 0 Å². The minimum Gasteiger partial charge on any atom is -0.393 e. The molecule has 0 bridgehead atoms. The highest BCUT2D eigenvalue weighted by Gasteiger charge is 2.27. The number of halogens is 2. The van der Waals surface area contributed by atoms with Crippen LogP contribution in [0.4, 0.5) is 8.78 Å². The van der Waals surface area contributed by atoms with Crippen LogP contribution in [-0.4, -0.2) is 24.4 Å². The molecular formula is C6H10F2O2. The van der Waals surface area contributed by atoms with Crippen molar-refractivity contribution in [2.24, 2.45) is 5.92 Å². The molecule has 0 amide bonds. The van der Waals surface area contributed by atoms with Crippen LogP contribution < -0.4 is 0 Å². The van der Waals surface area contributed by atoms with Crippen molar-refractivity contribution >= 4 is 0 Å². The molecule has 0 aromatic carbocycles. The maximum atomic E-state index is 11.4. The first-order chi connectivity index (χ1) is 4.68. The lowest BCUT2D eigenvalue weighted by Crippen LogP contribution is -2.32. The first-order valence-corrected chi connectivity index (χ1v) is 3.26. The van der Waals surface area contributed by atoms with Crippen LogP contribution in [0.25, 0.3) is 0 Å². The summed E-state index contributed by atoms with van der Waals surface area (Å²) in [4.78, 5) is 0. The zero-order valence-corrected chi connectivity index (χ0v) is 5.46. The molecule has 0 aromatic rings. The molecule has 0 radical (unpaired) electrons. The second kappa shape index (κ2) is 3.25. The molecule has 0 unspecified atom stereocenters. The third-order valence-electron chi connectivity index (χ3n) is 1.67. The van der Waals surface area contributed by atoms with Crippen molar-refractivity contribution in [1.29, 1.82) is 0 Å². The van der Waals surface area contributed by atoms with E-state index in [4.69, 9.17) is 5.11 Å². The average Bonchev–Trinajstić information content (AvgIpc) is 1.77. The summed E-state index contributed by atoms with van der Waals surface area (Å²) in [5.74, 6) is 0.143. The summed E-state index contributed by atoms with van der Waals surface area (Å²) in [6.07, 6.45) is 0.922. The Morgan fingerprint density at radius 2 is 2.10 bits per heavy atom. The summed E-state index contributed by atoms with van der Waals surface area (Å²) in [5, 5.41) is 8.74. The van der Waals surface area contributed by atoms with Gasteiger partial charge in [0.1, 0.15) is 0 Å². The summed E-state index contributed by atoms with van der Waals surface area (Å²) in [6.45, 7) is -2.59. The molecule has 0 spiro atoms. The number of ether oxygens (including phenoxy) is 1. The molecule has 0 atom stereocenters. The van der Waals surface area contributed by atoms with Crippen molar-refractivity contribution in [2.75, 3.05) is 6.61 Å². The Morgan fingerprint density at radius 3 is 2.50 bits per heavy atom. The van der Waals surface area contributed by atoms with Crippen molar-refractivity contribution in [3.05, 3.63) is 0 Å². The maximum Gasteiger partial charge on any atom is 0.345 e. The molecule has 2 nitrogen and oxygen atoms in total. The van der Waals surface area contributed by atoms with Crippen LogP contribution in [0.2, 0.25) is 0 Å². The summed E-state index contributed by atoms with van der Waals surface area (Å²) in [7, 11) is 0. The third kappa shape index (κ3) is 2.19. The molecule has 4 heteroatoms. The highest BCUT2D eigenvalue weighted by molar-refractivity contribution is 4.77. The van der Waals surface area contributed by atoms with Gasteiger partial charge >= 0.3 is 6.61 Å². The van der Waals surface area contributed by atoms with E-state index >= 15 is 0 Å². The van der Waals surface area contributed by atoms with Gasteiger partial charge in [-0.2, -0.15) is 8.78 Å². The Bertz CT molecular complexity index is 102. The predicted octanol–water partition coefficient (Wildman–Crippen LogP) is 0.997. The van der Waals surface area contributed by atoms with Crippen LogP contribution in [0.1, 0.15) is 12.8 Å².